The third-order valence-corrected chi connectivity index (χ3v) is 6.73. The summed E-state index contributed by atoms with van der Waals surface area (Å²) in [6.45, 7) is 7.54. The molecule has 138 valence electrons. The smallest absolute Gasteiger partial charge is 0.308 e. The molecule has 0 aliphatic rings. The lowest BCUT2D eigenvalue weighted by atomic mass is 9.96. The molecule has 0 atom stereocenters. The van der Waals surface area contributed by atoms with Crippen molar-refractivity contribution in [2.75, 3.05) is 6.54 Å². The highest BCUT2D eigenvalue weighted by Crippen LogP contribution is 2.42. The van der Waals surface area contributed by atoms with E-state index in [0.29, 0.717) is 23.2 Å². The summed E-state index contributed by atoms with van der Waals surface area (Å²) in [5.41, 5.74) is 3.11. The number of benzene rings is 1. The van der Waals surface area contributed by atoms with E-state index >= 15 is 0 Å². The van der Waals surface area contributed by atoms with Crippen molar-refractivity contribution in [2.24, 2.45) is 0 Å². The molecule has 1 amide bonds. The summed E-state index contributed by atoms with van der Waals surface area (Å²) in [7, 11) is 0. The van der Waals surface area contributed by atoms with Crippen LogP contribution in [0.3, 0.4) is 0 Å². The topological polar surface area (TPSA) is 55.4 Å². The Balaban J connectivity index is 3.41. The molecule has 0 bridgehead atoms. The number of hydrogen-bond acceptors (Lipinski definition) is 3. The number of halogens is 3. The third kappa shape index (κ3) is 6.53. The highest BCUT2D eigenvalue weighted by Gasteiger charge is 2.18. The van der Waals surface area contributed by atoms with E-state index < -0.39 is 0 Å². The van der Waals surface area contributed by atoms with Crippen molar-refractivity contribution in [2.45, 2.75) is 47.0 Å². The molecule has 0 heterocycles. The predicted octanol–water partition coefficient (Wildman–Crippen LogP) is 5.88. The number of hydrogen-bond donors (Lipinski definition) is 1. The number of rotatable bonds is 7. The number of carbonyl (C=O) groups is 2. The molecule has 4 nitrogen and oxygen atoms in total. The molecule has 0 aromatic heterocycles. The quantitative estimate of drug-likeness (QED) is 0.348. The Labute approximate surface area is 174 Å². The standard InChI is InChI=1S/C18H22Br3NO3/c1-5-6-15(19)13(7-8-22-11(3)23)14-9-16(25-12(4)24)18(21)17(20)10(14)2/h9H,5-8H2,1-4H3,(H,22,23)/b15-13+. The summed E-state index contributed by atoms with van der Waals surface area (Å²) in [5.74, 6) is 0.0351. The lowest BCUT2D eigenvalue weighted by molar-refractivity contribution is -0.132. The zero-order valence-corrected chi connectivity index (χ0v) is 19.5. The van der Waals surface area contributed by atoms with Gasteiger partial charge in [-0.2, -0.15) is 0 Å². The summed E-state index contributed by atoms with van der Waals surface area (Å²) >= 11 is 10.7. The summed E-state index contributed by atoms with van der Waals surface area (Å²) in [6, 6.07) is 1.87. The van der Waals surface area contributed by atoms with Crippen LogP contribution in [-0.2, 0) is 9.59 Å². The molecule has 0 unspecified atom stereocenters. The van der Waals surface area contributed by atoms with E-state index in [1.807, 2.05) is 13.0 Å². The number of allylic oxidation sites excluding steroid dienone is 1. The van der Waals surface area contributed by atoms with Gasteiger partial charge < -0.3 is 10.1 Å². The first-order chi connectivity index (χ1) is 11.7. The number of amides is 1. The van der Waals surface area contributed by atoms with Crippen LogP contribution in [0, 0.1) is 6.92 Å². The molecule has 0 radical (unpaired) electrons. The molecule has 0 aliphatic carbocycles. The van der Waals surface area contributed by atoms with Gasteiger partial charge in [0.1, 0.15) is 5.75 Å². The molecule has 25 heavy (non-hydrogen) atoms. The van der Waals surface area contributed by atoms with Crippen LogP contribution in [0.15, 0.2) is 19.5 Å². The average Bonchev–Trinajstić information content (AvgIpc) is 2.52. The first-order valence-electron chi connectivity index (χ1n) is 7.98. The first-order valence-corrected chi connectivity index (χ1v) is 10.4. The SMILES string of the molecule is CCC/C(Br)=C(/CCNC(C)=O)c1cc(OC(C)=O)c(Br)c(Br)c1C. The Bertz CT molecular complexity index is 699. The van der Waals surface area contributed by atoms with Crippen molar-refractivity contribution in [1.29, 1.82) is 0 Å². The number of esters is 1. The van der Waals surface area contributed by atoms with Gasteiger partial charge in [-0.15, -0.1) is 0 Å². The molecule has 0 saturated heterocycles. The zero-order valence-electron chi connectivity index (χ0n) is 14.8. The molecule has 1 N–H and O–H groups in total. The number of carbonyl (C=O) groups excluding carboxylic acids is 2. The summed E-state index contributed by atoms with van der Waals surface area (Å²) in [4.78, 5) is 22.6. The van der Waals surface area contributed by atoms with Crippen molar-refractivity contribution in [3.05, 3.63) is 30.6 Å². The van der Waals surface area contributed by atoms with Gasteiger partial charge in [-0.05, 0) is 78.9 Å². The fourth-order valence-electron chi connectivity index (χ4n) is 2.39. The van der Waals surface area contributed by atoms with E-state index in [4.69, 9.17) is 4.74 Å². The molecule has 0 spiro atoms. The lowest BCUT2D eigenvalue weighted by Crippen LogP contribution is -2.21. The van der Waals surface area contributed by atoms with Gasteiger partial charge in [-0.3, -0.25) is 9.59 Å². The predicted molar refractivity (Wildman–Crippen MR) is 112 cm³/mol. The van der Waals surface area contributed by atoms with E-state index in [-0.39, 0.29) is 11.9 Å². The highest BCUT2D eigenvalue weighted by atomic mass is 79.9. The van der Waals surface area contributed by atoms with Crippen LogP contribution in [0.25, 0.3) is 5.57 Å². The Kier molecular flexibility index (Phi) is 9.38. The second-order valence-electron chi connectivity index (χ2n) is 5.64. The van der Waals surface area contributed by atoms with Gasteiger partial charge in [0, 0.05) is 24.9 Å². The summed E-state index contributed by atoms with van der Waals surface area (Å²) in [5, 5.41) is 2.83. The largest absolute Gasteiger partial charge is 0.425 e. The minimum atomic E-state index is -0.376. The van der Waals surface area contributed by atoms with Gasteiger partial charge in [0.05, 0.1) is 4.47 Å². The van der Waals surface area contributed by atoms with Gasteiger partial charge in [0.2, 0.25) is 5.91 Å². The van der Waals surface area contributed by atoms with Gasteiger partial charge >= 0.3 is 5.97 Å². The minimum absolute atomic E-state index is 0.0553. The van der Waals surface area contributed by atoms with E-state index in [1.54, 1.807) is 0 Å². The molecule has 1 aromatic rings. The molecule has 1 rings (SSSR count). The Morgan fingerprint density at radius 3 is 2.32 bits per heavy atom. The zero-order chi connectivity index (χ0) is 19.1. The molecule has 0 saturated carbocycles. The Morgan fingerprint density at radius 2 is 1.80 bits per heavy atom. The minimum Gasteiger partial charge on any atom is -0.425 e. The first kappa shape index (κ1) is 22.4. The van der Waals surface area contributed by atoms with Crippen LogP contribution >= 0.6 is 47.8 Å². The third-order valence-electron chi connectivity index (χ3n) is 3.54. The maximum Gasteiger partial charge on any atom is 0.308 e. The highest BCUT2D eigenvalue weighted by molar-refractivity contribution is 9.13. The fraction of sp³-hybridized carbons (Fsp3) is 0.444. The second kappa shape index (κ2) is 10.5. The van der Waals surface area contributed by atoms with Crippen molar-refractivity contribution in [1.82, 2.24) is 5.32 Å². The number of nitrogens with one attached hydrogen (secondary N) is 1. The van der Waals surface area contributed by atoms with Gasteiger partial charge in [0.15, 0.2) is 0 Å². The summed E-state index contributed by atoms with van der Waals surface area (Å²) < 4.78 is 7.97. The van der Waals surface area contributed by atoms with E-state index in [2.05, 4.69) is 60.0 Å². The Hall–Kier alpha value is -0.660. The van der Waals surface area contributed by atoms with Crippen LogP contribution in [-0.4, -0.2) is 18.4 Å². The van der Waals surface area contributed by atoms with Crippen molar-refractivity contribution < 1.29 is 14.3 Å². The van der Waals surface area contributed by atoms with Crippen LogP contribution in [0.1, 0.15) is 51.2 Å². The van der Waals surface area contributed by atoms with Crippen molar-refractivity contribution in [3.8, 4) is 5.75 Å². The maximum absolute atomic E-state index is 11.4. The fourth-order valence-corrected chi connectivity index (χ4v) is 4.10. The molecular weight excluding hydrogens is 518 g/mol. The van der Waals surface area contributed by atoms with Crippen molar-refractivity contribution in [3.63, 3.8) is 0 Å². The van der Waals surface area contributed by atoms with E-state index in [1.165, 1.54) is 13.8 Å². The molecule has 7 heteroatoms. The van der Waals surface area contributed by atoms with Crippen LogP contribution in [0.4, 0.5) is 0 Å². The normalized spacial score (nSPS) is 11.8. The van der Waals surface area contributed by atoms with E-state index in [9.17, 15) is 9.59 Å². The molecule has 0 aliphatic heterocycles. The maximum atomic E-state index is 11.4. The average molecular weight is 540 g/mol. The summed E-state index contributed by atoms with van der Waals surface area (Å²) in [6.07, 6.45) is 2.57. The molecular formula is C18H22Br3NO3. The Morgan fingerprint density at radius 1 is 1.16 bits per heavy atom. The van der Waals surface area contributed by atoms with Gasteiger partial charge in [0.25, 0.3) is 0 Å². The monoisotopic (exact) mass is 537 g/mol. The van der Waals surface area contributed by atoms with Gasteiger partial charge in [-0.1, -0.05) is 29.3 Å². The van der Waals surface area contributed by atoms with Crippen LogP contribution < -0.4 is 10.1 Å². The van der Waals surface area contributed by atoms with Crippen molar-refractivity contribution >= 4 is 65.2 Å². The second-order valence-corrected chi connectivity index (χ2v) is 8.18. The number of ether oxygens (including phenoxy) is 1. The van der Waals surface area contributed by atoms with E-state index in [0.717, 1.165) is 38.5 Å². The molecule has 1 aromatic carbocycles. The van der Waals surface area contributed by atoms with Gasteiger partial charge in [-0.25, -0.2) is 0 Å². The van der Waals surface area contributed by atoms with Crippen LogP contribution in [0.2, 0.25) is 0 Å². The lowest BCUT2D eigenvalue weighted by Gasteiger charge is -2.18. The van der Waals surface area contributed by atoms with Crippen LogP contribution in [0.5, 0.6) is 5.75 Å². The molecule has 0 fully saturated rings.